The van der Waals surface area contributed by atoms with Crippen LogP contribution in [0.15, 0.2) is 24.3 Å². The quantitative estimate of drug-likeness (QED) is 0.886. The van der Waals surface area contributed by atoms with Crippen LogP contribution in [0, 0.1) is 11.8 Å². The second-order valence-electron chi connectivity index (χ2n) is 6.13. The molecule has 4 heteroatoms. The second kappa shape index (κ2) is 5.88. The number of carbonyl (C=O) groups is 1. The summed E-state index contributed by atoms with van der Waals surface area (Å²) >= 11 is 0. The van der Waals surface area contributed by atoms with Gasteiger partial charge in [0.25, 0.3) is 0 Å². The lowest BCUT2D eigenvalue weighted by atomic mass is 10.1. The number of fused-ring (bicyclic) bond motifs is 1. The van der Waals surface area contributed by atoms with Crippen LogP contribution in [0.2, 0.25) is 0 Å². The van der Waals surface area contributed by atoms with Crippen molar-refractivity contribution in [2.75, 3.05) is 0 Å². The lowest BCUT2D eigenvalue weighted by molar-refractivity contribution is -0.122. The Kier molecular flexibility index (Phi) is 3.95. The van der Waals surface area contributed by atoms with Crippen molar-refractivity contribution in [2.45, 2.75) is 46.2 Å². The minimum atomic E-state index is 0.178. The minimum Gasteiger partial charge on any atom is -0.349 e. The molecular weight excluding hydrogens is 262 g/mol. The van der Waals surface area contributed by atoms with E-state index in [4.69, 9.17) is 4.98 Å². The summed E-state index contributed by atoms with van der Waals surface area (Å²) in [5.74, 6) is 1.99. The molecule has 0 radical (unpaired) electrons. The number of benzene rings is 1. The Hall–Kier alpha value is -1.84. The third-order valence-corrected chi connectivity index (χ3v) is 4.29. The molecule has 1 aromatic heterocycles. The van der Waals surface area contributed by atoms with Crippen molar-refractivity contribution in [3.05, 3.63) is 30.1 Å². The van der Waals surface area contributed by atoms with Gasteiger partial charge in [0.05, 0.1) is 17.6 Å². The summed E-state index contributed by atoms with van der Waals surface area (Å²) in [7, 11) is 0. The van der Waals surface area contributed by atoms with Gasteiger partial charge in [0.15, 0.2) is 0 Å². The SMILES string of the molecule is CCC(C)Cn1c(CNC(=O)C2CC2)nc2ccccc21. The number of aromatic nitrogens is 2. The number of hydrogen-bond acceptors (Lipinski definition) is 2. The maximum Gasteiger partial charge on any atom is 0.223 e. The number of nitrogens with one attached hydrogen (secondary N) is 1. The van der Waals surface area contributed by atoms with Crippen LogP contribution in [0.3, 0.4) is 0 Å². The normalized spacial score (nSPS) is 16.1. The van der Waals surface area contributed by atoms with Crippen LogP contribution in [-0.2, 0) is 17.9 Å². The van der Waals surface area contributed by atoms with Crippen LogP contribution in [0.5, 0.6) is 0 Å². The third-order valence-electron chi connectivity index (χ3n) is 4.29. The van der Waals surface area contributed by atoms with Crippen LogP contribution < -0.4 is 5.32 Å². The first-order valence-corrected chi connectivity index (χ1v) is 7.91. The first-order chi connectivity index (χ1) is 10.2. The monoisotopic (exact) mass is 285 g/mol. The summed E-state index contributed by atoms with van der Waals surface area (Å²) in [6.07, 6.45) is 3.21. The molecule has 0 saturated heterocycles. The lowest BCUT2D eigenvalue weighted by Crippen LogP contribution is -2.26. The number of carbonyl (C=O) groups excluding carboxylic acids is 1. The standard InChI is InChI=1S/C17H23N3O/c1-3-12(2)11-20-15-7-5-4-6-14(15)19-16(20)10-18-17(21)13-8-9-13/h4-7,12-13H,3,8-11H2,1-2H3,(H,18,21). The Morgan fingerprint density at radius 3 is 2.90 bits per heavy atom. The number of para-hydroxylation sites is 2. The van der Waals surface area contributed by atoms with Gasteiger partial charge in [-0.05, 0) is 30.9 Å². The van der Waals surface area contributed by atoms with Gasteiger partial charge in [-0.3, -0.25) is 4.79 Å². The predicted octanol–water partition coefficient (Wildman–Crippen LogP) is 3.11. The molecule has 0 aliphatic heterocycles. The van der Waals surface area contributed by atoms with E-state index in [0.717, 1.165) is 42.7 Å². The Labute approximate surface area is 125 Å². The van der Waals surface area contributed by atoms with E-state index in [2.05, 4.69) is 29.8 Å². The van der Waals surface area contributed by atoms with Crippen LogP contribution in [0.4, 0.5) is 0 Å². The highest BCUT2D eigenvalue weighted by molar-refractivity contribution is 5.81. The van der Waals surface area contributed by atoms with E-state index in [-0.39, 0.29) is 11.8 Å². The van der Waals surface area contributed by atoms with Gasteiger partial charge >= 0.3 is 0 Å². The van der Waals surface area contributed by atoms with E-state index >= 15 is 0 Å². The van der Waals surface area contributed by atoms with Crippen LogP contribution >= 0.6 is 0 Å². The highest BCUT2D eigenvalue weighted by Crippen LogP contribution is 2.29. The minimum absolute atomic E-state index is 0.178. The zero-order valence-electron chi connectivity index (χ0n) is 12.8. The molecular formula is C17H23N3O. The predicted molar refractivity (Wildman–Crippen MR) is 83.8 cm³/mol. The summed E-state index contributed by atoms with van der Waals surface area (Å²) in [6, 6.07) is 8.20. The molecule has 1 N–H and O–H groups in total. The zero-order valence-corrected chi connectivity index (χ0v) is 12.8. The fraction of sp³-hybridized carbons (Fsp3) is 0.529. The fourth-order valence-corrected chi connectivity index (χ4v) is 2.56. The molecule has 1 heterocycles. The molecule has 1 fully saturated rings. The average Bonchev–Trinajstić information content (AvgIpc) is 3.29. The molecule has 1 aliphatic carbocycles. The lowest BCUT2D eigenvalue weighted by Gasteiger charge is -2.14. The maximum atomic E-state index is 11.8. The average molecular weight is 285 g/mol. The largest absolute Gasteiger partial charge is 0.349 e. The number of rotatable bonds is 6. The smallest absolute Gasteiger partial charge is 0.223 e. The molecule has 1 amide bonds. The van der Waals surface area contributed by atoms with E-state index in [9.17, 15) is 4.79 Å². The summed E-state index contributed by atoms with van der Waals surface area (Å²) in [4.78, 5) is 16.5. The first-order valence-electron chi connectivity index (χ1n) is 7.91. The van der Waals surface area contributed by atoms with Gasteiger partial charge in [-0.1, -0.05) is 32.4 Å². The van der Waals surface area contributed by atoms with Crippen molar-refractivity contribution < 1.29 is 4.79 Å². The van der Waals surface area contributed by atoms with Gasteiger partial charge in [0.1, 0.15) is 5.82 Å². The summed E-state index contributed by atoms with van der Waals surface area (Å²) in [6.45, 7) is 5.94. The van der Waals surface area contributed by atoms with Gasteiger partial charge in [0.2, 0.25) is 5.91 Å². The second-order valence-corrected chi connectivity index (χ2v) is 6.13. The highest BCUT2D eigenvalue weighted by atomic mass is 16.2. The molecule has 4 nitrogen and oxygen atoms in total. The number of amides is 1. The molecule has 1 aliphatic rings. The van der Waals surface area contributed by atoms with E-state index in [1.807, 2.05) is 18.2 Å². The van der Waals surface area contributed by atoms with Crippen molar-refractivity contribution in [2.24, 2.45) is 11.8 Å². The molecule has 112 valence electrons. The molecule has 3 rings (SSSR count). The van der Waals surface area contributed by atoms with E-state index in [0.29, 0.717) is 12.5 Å². The van der Waals surface area contributed by atoms with Crippen LogP contribution in [-0.4, -0.2) is 15.5 Å². The third kappa shape index (κ3) is 3.09. The number of imidazole rings is 1. The molecule has 2 aromatic rings. The van der Waals surface area contributed by atoms with E-state index in [1.54, 1.807) is 0 Å². The first kappa shape index (κ1) is 14.1. The number of nitrogens with zero attached hydrogens (tertiary/aromatic N) is 2. The fourth-order valence-electron chi connectivity index (χ4n) is 2.56. The van der Waals surface area contributed by atoms with Crippen LogP contribution in [0.25, 0.3) is 11.0 Å². The van der Waals surface area contributed by atoms with Gasteiger partial charge in [-0.2, -0.15) is 0 Å². The van der Waals surface area contributed by atoms with Gasteiger partial charge in [0, 0.05) is 12.5 Å². The topological polar surface area (TPSA) is 46.9 Å². The Morgan fingerprint density at radius 2 is 2.19 bits per heavy atom. The molecule has 1 atom stereocenters. The van der Waals surface area contributed by atoms with Crippen molar-refractivity contribution >= 4 is 16.9 Å². The Balaban J connectivity index is 1.84. The van der Waals surface area contributed by atoms with Crippen molar-refractivity contribution in [1.29, 1.82) is 0 Å². The van der Waals surface area contributed by atoms with Crippen LogP contribution in [0.1, 0.15) is 38.9 Å². The molecule has 21 heavy (non-hydrogen) atoms. The molecule has 1 unspecified atom stereocenters. The van der Waals surface area contributed by atoms with E-state index < -0.39 is 0 Å². The molecule has 1 saturated carbocycles. The van der Waals surface area contributed by atoms with Gasteiger partial charge < -0.3 is 9.88 Å². The molecule has 0 bridgehead atoms. The maximum absolute atomic E-state index is 11.8. The summed E-state index contributed by atoms with van der Waals surface area (Å²) < 4.78 is 2.26. The van der Waals surface area contributed by atoms with Gasteiger partial charge in [-0.15, -0.1) is 0 Å². The highest BCUT2D eigenvalue weighted by Gasteiger charge is 2.29. The van der Waals surface area contributed by atoms with E-state index in [1.165, 1.54) is 0 Å². The molecule has 1 aromatic carbocycles. The van der Waals surface area contributed by atoms with Crippen molar-refractivity contribution in [3.8, 4) is 0 Å². The number of hydrogen-bond donors (Lipinski definition) is 1. The Bertz CT molecular complexity index is 643. The zero-order chi connectivity index (χ0) is 14.8. The van der Waals surface area contributed by atoms with Crippen molar-refractivity contribution in [3.63, 3.8) is 0 Å². The van der Waals surface area contributed by atoms with Gasteiger partial charge in [-0.25, -0.2) is 4.98 Å². The Morgan fingerprint density at radius 1 is 1.43 bits per heavy atom. The summed E-state index contributed by atoms with van der Waals surface area (Å²) in [5, 5.41) is 3.03. The van der Waals surface area contributed by atoms with Crippen molar-refractivity contribution in [1.82, 2.24) is 14.9 Å². The summed E-state index contributed by atoms with van der Waals surface area (Å²) in [5.41, 5.74) is 2.17. The molecule has 0 spiro atoms.